The van der Waals surface area contributed by atoms with E-state index in [1.54, 1.807) is 0 Å². The van der Waals surface area contributed by atoms with Crippen LogP contribution in [0.15, 0.2) is 4.79 Å². The Kier molecular flexibility index (Phi) is 1.63. The number of hydrogen-bond donors (Lipinski definition) is 2. The first-order valence-electron chi connectivity index (χ1n) is 4.54. The van der Waals surface area contributed by atoms with Crippen LogP contribution in [-0.4, -0.2) is 9.78 Å². The lowest BCUT2D eigenvalue weighted by atomic mass is 10.1. The molecule has 1 aromatic heterocycles. The average molecular weight is 181 g/mol. The number of aromatic nitrogens is 2. The van der Waals surface area contributed by atoms with E-state index in [4.69, 9.17) is 0 Å². The molecule has 0 aliphatic carbocycles. The Morgan fingerprint density at radius 3 is 2.62 bits per heavy atom. The highest BCUT2D eigenvalue weighted by atomic mass is 16.1. The first-order valence-corrected chi connectivity index (χ1v) is 4.54. The van der Waals surface area contributed by atoms with E-state index in [0.717, 1.165) is 17.8 Å². The van der Waals surface area contributed by atoms with Crippen LogP contribution in [0.3, 0.4) is 0 Å². The lowest BCUT2D eigenvalue weighted by Gasteiger charge is -2.22. The average Bonchev–Trinajstić information content (AvgIpc) is 2.51. The van der Waals surface area contributed by atoms with Crippen LogP contribution < -0.4 is 10.9 Å². The van der Waals surface area contributed by atoms with Crippen LogP contribution in [0.1, 0.15) is 32.0 Å². The van der Waals surface area contributed by atoms with Crippen molar-refractivity contribution < 1.29 is 0 Å². The van der Waals surface area contributed by atoms with Gasteiger partial charge in [0.1, 0.15) is 0 Å². The molecule has 0 amide bonds. The molecular weight excluding hydrogens is 166 g/mol. The summed E-state index contributed by atoms with van der Waals surface area (Å²) in [5.41, 5.74) is 2.01. The minimum atomic E-state index is -0.0429. The molecule has 0 radical (unpaired) electrons. The fourth-order valence-electron chi connectivity index (χ4n) is 1.75. The molecule has 2 rings (SSSR count). The third-order valence-corrected chi connectivity index (χ3v) is 2.37. The second-order valence-corrected chi connectivity index (χ2v) is 4.48. The Labute approximate surface area is 76.9 Å². The smallest absolute Gasteiger partial charge is 0.268 e. The lowest BCUT2D eigenvalue weighted by molar-refractivity contribution is 0.341. The molecule has 1 aliphatic rings. The Morgan fingerprint density at radius 1 is 1.31 bits per heavy atom. The van der Waals surface area contributed by atoms with Gasteiger partial charge in [0.15, 0.2) is 0 Å². The van der Waals surface area contributed by atoms with E-state index in [9.17, 15) is 4.79 Å². The molecular formula is C9H15N3O. The van der Waals surface area contributed by atoms with Crippen LogP contribution in [0, 0.1) is 0 Å². The van der Waals surface area contributed by atoms with Gasteiger partial charge in [-0.25, -0.2) is 0 Å². The molecule has 13 heavy (non-hydrogen) atoms. The van der Waals surface area contributed by atoms with Crippen molar-refractivity contribution in [1.82, 2.24) is 15.1 Å². The summed E-state index contributed by atoms with van der Waals surface area (Å²) < 4.78 is 1.96. The monoisotopic (exact) mass is 181 g/mol. The fraction of sp³-hybridized carbons (Fsp3) is 0.667. The van der Waals surface area contributed by atoms with Gasteiger partial charge in [-0.2, -0.15) is 0 Å². The largest absolute Gasteiger partial charge is 0.307 e. The molecule has 4 nitrogen and oxygen atoms in total. The van der Waals surface area contributed by atoms with E-state index >= 15 is 0 Å². The molecule has 0 saturated carbocycles. The summed E-state index contributed by atoms with van der Waals surface area (Å²) in [5, 5.41) is 6.06. The molecule has 0 spiro atoms. The van der Waals surface area contributed by atoms with E-state index in [-0.39, 0.29) is 11.1 Å². The summed E-state index contributed by atoms with van der Waals surface area (Å²) in [7, 11) is 0. The van der Waals surface area contributed by atoms with Crippen LogP contribution in [0.25, 0.3) is 0 Å². The summed E-state index contributed by atoms with van der Waals surface area (Å²) in [5.74, 6) is 0. The molecule has 0 saturated heterocycles. The van der Waals surface area contributed by atoms with Crippen molar-refractivity contribution in [3.05, 3.63) is 21.6 Å². The molecule has 0 unspecified atom stereocenters. The number of fused-ring (bicyclic) bond motifs is 1. The SMILES string of the molecule is CC(C)(C)n1[nH]c(=O)c2c1CNC2. The van der Waals surface area contributed by atoms with Gasteiger partial charge < -0.3 is 5.32 Å². The molecule has 0 aromatic carbocycles. The number of nitrogens with one attached hydrogen (secondary N) is 2. The molecule has 0 bridgehead atoms. The highest BCUT2D eigenvalue weighted by Crippen LogP contribution is 2.19. The third-order valence-electron chi connectivity index (χ3n) is 2.37. The Hall–Kier alpha value is -1.03. The van der Waals surface area contributed by atoms with Gasteiger partial charge in [-0.3, -0.25) is 14.6 Å². The van der Waals surface area contributed by atoms with Gasteiger partial charge in [-0.05, 0) is 20.8 Å². The van der Waals surface area contributed by atoms with Crippen LogP contribution >= 0.6 is 0 Å². The maximum atomic E-state index is 11.5. The number of nitrogens with zero attached hydrogens (tertiary/aromatic N) is 1. The Bertz CT molecular complexity index is 381. The van der Waals surface area contributed by atoms with Gasteiger partial charge in [0.25, 0.3) is 5.56 Å². The molecule has 0 fully saturated rings. The van der Waals surface area contributed by atoms with E-state index in [2.05, 4.69) is 31.2 Å². The first kappa shape index (κ1) is 8.56. The van der Waals surface area contributed by atoms with Gasteiger partial charge in [0.2, 0.25) is 0 Å². The molecule has 4 heteroatoms. The van der Waals surface area contributed by atoms with Gasteiger partial charge in [0, 0.05) is 13.1 Å². The summed E-state index contributed by atoms with van der Waals surface area (Å²) in [6.45, 7) is 7.75. The van der Waals surface area contributed by atoms with E-state index < -0.39 is 0 Å². The summed E-state index contributed by atoms with van der Waals surface area (Å²) in [6.07, 6.45) is 0. The molecule has 2 N–H and O–H groups in total. The van der Waals surface area contributed by atoms with Gasteiger partial charge >= 0.3 is 0 Å². The van der Waals surface area contributed by atoms with Crippen molar-refractivity contribution in [1.29, 1.82) is 0 Å². The van der Waals surface area contributed by atoms with Crippen molar-refractivity contribution in [3.63, 3.8) is 0 Å². The van der Waals surface area contributed by atoms with Crippen LogP contribution in [-0.2, 0) is 18.6 Å². The van der Waals surface area contributed by atoms with Gasteiger partial charge in [0.05, 0.1) is 16.8 Å². The zero-order valence-corrected chi connectivity index (χ0v) is 8.27. The second-order valence-electron chi connectivity index (χ2n) is 4.48. The topological polar surface area (TPSA) is 49.8 Å². The maximum Gasteiger partial charge on any atom is 0.268 e. The molecule has 1 aliphatic heterocycles. The van der Waals surface area contributed by atoms with Crippen LogP contribution in [0.4, 0.5) is 0 Å². The molecule has 2 heterocycles. The highest BCUT2D eigenvalue weighted by molar-refractivity contribution is 5.22. The zero-order chi connectivity index (χ0) is 9.64. The van der Waals surface area contributed by atoms with Crippen molar-refractivity contribution in [2.45, 2.75) is 39.4 Å². The van der Waals surface area contributed by atoms with E-state index in [0.29, 0.717) is 6.54 Å². The Morgan fingerprint density at radius 2 is 2.00 bits per heavy atom. The molecule has 72 valence electrons. The summed E-state index contributed by atoms with van der Waals surface area (Å²) in [6, 6.07) is 0. The predicted octanol–water partition coefficient (Wildman–Crippen LogP) is 0.535. The standard InChI is InChI=1S/C9H15N3O/c1-9(2,3)12-7-5-10-4-6(7)8(13)11-12/h10H,4-5H2,1-3H3,(H,11,13). The Balaban J connectivity index is 2.61. The number of rotatable bonds is 0. The normalized spacial score (nSPS) is 16.2. The van der Waals surface area contributed by atoms with Crippen molar-refractivity contribution in [2.24, 2.45) is 0 Å². The van der Waals surface area contributed by atoms with Crippen molar-refractivity contribution in [2.75, 3.05) is 0 Å². The third kappa shape index (κ3) is 1.21. The van der Waals surface area contributed by atoms with Gasteiger partial charge in [-0.15, -0.1) is 0 Å². The number of hydrogen-bond acceptors (Lipinski definition) is 2. The zero-order valence-electron chi connectivity index (χ0n) is 8.27. The van der Waals surface area contributed by atoms with Crippen molar-refractivity contribution in [3.8, 4) is 0 Å². The minimum Gasteiger partial charge on any atom is -0.307 e. The fourth-order valence-corrected chi connectivity index (χ4v) is 1.75. The summed E-state index contributed by atoms with van der Waals surface area (Å²) >= 11 is 0. The van der Waals surface area contributed by atoms with E-state index in [1.807, 2.05) is 4.68 Å². The van der Waals surface area contributed by atoms with Crippen LogP contribution in [0.2, 0.25) is 0 Å². The number of H-pyrrole nitrogens is 1. The predicted molar refractivity (Wildman–Crippen MR) is 50.6 cm³/mol. The quantitative estimate of drug-likeness (QED) is 0.613. The van der Waals surface area contributed by atoms with Crippen molar-refractivity contribution >= 4 is 0 Å². The van der Waals surface area contributed by atoms with Crippen LogP contribution in [0.5, 0.6) is 0 Å². The maximum absolute atomic E-state index is 11.5. The molecule has 1 aromatic rings. The summed E-state index contributed by atoms with van der Waals surface area (Å²) in [4.78, 5) is 11.5. The van der Waals surface area contributed by atoms with E-state index in [1.165, 1.54) is 0 Å². The first-order chi connectivity index (χ1) is 6.00. The lowest BCUT2D eigenvalue weighted by Crippen LogP contribution is -2.27. The van der Waals surface area contributed by atoms with Gasteiger partial charge in [-0.1, -0.05) is 0 Å². The highest BCUT2D eigenvalue weighted by Gasteiger charge is 2.25. The number of aromatic amines is 1. The second kappa shape index (κ2) is 2.48. The molecule has 0 atom stereocenters. The minimum absolute atomic E-state index is 0.0429.